The molecule has 1 aromatic carbocycles. The first kappa shape index (κ1) is 12.9. The van der Waals surface area contributed by atoms with Gasteiger partial charge in [-0.1, -0.05) is 0 Å². The normalized spacial score (nSPS) is 22.1. The van der Waals surface area contributed by atoms with E-state index in [2.05, 4.69) is 9.62 Å². The number of hydrogen-bond donors (Lipinski definition) is 2. The molecule has 1 aliphatic carbocycles. The third-order valence-corrected chi connectivity index (χ3v) is 5.57. The monoisotopic (exact) mass is 281 g/mol. The summed E-state index contributed by atoms with van der Waals surface area (Å²) in [4.78, 5) is 2.49. The van der Waals surface area contributed by atoms with Crippen LogP contribution in [0.5, 0.6) is 0 Å². The summed E-state index contributed by atoms with van der Waals surface area (Å²) in [6.45, 7) is 1.74. The van der Waals surface area contributed by atoms with E-state index in [1.807, 2.05) is 12.1 Å². The van der Waals surface area contributed by atoms with Gasteiger partial charge in [-0.2, -0.15) is 0 Å². The van der Waals surface area contributed by atoms with Gasteiger partial charge in [0.2, 0.25) is 10.0 Å². The number of nitrogens with two attached hydrogens (primary N) is 1. The first-order chi connectivity index (χ1) is 8.94. The van der Waals surface area contributed by atoms with Gasteiger partial charge < -0.3 is 10.6 Å². The van der Waals surface area contributed by atoms with Gasteiger partial charge in [0, 0.05) is 18.8 Å². The van der Waals surface area contributed by atoms with Gasteiger partial charge in [0.05, 0.1) is 10.4 Å². The number of rotatable bonds is 4. The molecule has 0 atom stereocenters. The molecule has 5 nitrogen and oxygen atoms in total. The van der Waals surface area contributed by atoms with E-state index in [9.17, 15) is 8.42 Å². The third-order valence-electron chi connectivity index (χ3n) is 4.14. The van der Waals surface area contributed by atoms with E-state index in [0.717, 1.165) is 18.8 Å². The van der Waals surface area contributed by atoms with Crippen LogP contribution >= 0.6 is 0 Å². The number of nitrogens with zero attached hydrogens (tertiary/aromatic N) is 1. The molecule has 3 rings (SSSR count). The maximum Gasteiger partial charge on any atom is 0.240 e. The molecule has 1 saturated carbocycles. The van der Waals surface area contributed by atoms with Crippen LogP contribution in [0.15, 0.2) is 29.2 Å². The first-order valence-electron chi connectivity index (χ1n) is 6.52. The standard InChI is InChI=1S/C13H19N3O2S/c1-15-19(17,18)12-6-4-11(5-7-12)16-8-13(14,9-16)10-2-3-10/h4-7,10,15H,2-3,8-9,14H2,1H3. The van der Waals surface area contributed by atoms with Crippen LogP contribution in [0.2, 0.25) is 0 Å². The Kier molecular flexibility index (Phi) is 2.85. The third kappa shape index (κ3) is 2.24. The molecule has 1 aliphatic heterocycles. The predicted molar refractivity (Wildman–Crippen MR) is 74.5 cm³/mol. The Hall–Kier alpha value is -1.11. The van der Waals surface area contributed by atoms with E-state index in [-0.39, 0.29) is 5.54 Å². The predicted octanol–water partition coefficient (Wildman–Crippen LogP) is 0.522. The summed E-state index contributed by atoms with van der Waals surface area (Å²) in [5, 5.41) is 0. The van der Waals surface area contributed by atoms with Gasteiger partial charge in [-0.25, -0.2) is 13.1 Å². The van der Waals surface area contributed by atoms with Crippen LogP contribution in [-0.2, 0) is 10.0 Å². The van der Waals surface area contributed by atoms with Crippen LogP contribution in [0.25, 0.3) is 0 Å². The minimum atomic E-state index is -3.35. The van der Waals surface area contributed by atoms with Crippen molar-refractivity contribution < 1.29 is 8.42 Å². The summed E-state index contributed by atoms with van der Waals surface area (Å²) >= 11 is 0. The molecule has 1 heterocycles. The van der Waals surface area contributed by atoms with Crippen LogP contribution in [0, 0.1) is 5.92 Å². The van der Waals surface area contributed by atoms with Crippen molar-refractivity contribution in [3.05, 3.63) is 24.3 Å². The number of sulfonamides is 1. The maximum atomic E-state index is 11.6. The van der Waals surface area contributed by atoms with Gasteiger partial charge in [0.25, 0.3) is 0 Å². The lowest BCUT2D eigenvalue weighted by molar-refractivity contribution is 0.291. The fourth-order valence-corrected chi connectivity index (χ4v) is 3.45. The van der Waals surface area contributed by atoms with Crippen LogP contribution in [0.1, 0.15) is 12.8 Å². The zero-order chi connectivity index (χ0) is 13.7. The van der Waals surface area contributed by atoms with E-state index in [1.54, 1.807) is 12.1 Å². The highest BCUT2D eigenvalue weighted by Crippen LogP contribution is 2.44. The highest BCUT2D eigenvalue weighted by molar-refractivity contribution is 7.89. The number of nitrogens with one attached hydrogen (secondary N) is 1. The van der Waals surface area contributed by atoms with Crippen molar-refractivity contribution in [3.8, 4) is 0 Å². The van der Waals surface area contributed by atoms with Gasteiger partial charge in [-0.3, -0.25) is 0 Å². The van der Waals surface area contributed by atoms with Crippen molar-refractivity contribution in [1.82, 2.24) is 4.72 Å². The van der Waals surface area contributed by atoms with E-state index >= 15 is 0 Å². The molecular weight excluding hydrogens is 262 g/mol. The summed E-state index contributed by atoms with van der Waals surface area (Å²) in [5.74, 6) is 0.688. The Labute approximate surface area is 113 Å². The zero-order valence-corrected chi connectivity index (χ0v) is 11.8. The topological polar surface area (TPSA) is 75.4 Å². The van der Waals surface area contributed by atoms with Crippen LogP contribution in [0.4, 0.5) is 5.69 Å². The molecule has 2 fully saturated rings. The fraction of sp³-hybridized carbons (Fsp3) is 0.538. The smallest absolute Gasteiger partial charge is 0.240 e. The Bertz CT molecular complexity index is 572. The SMILES string of the molecule is CNS(=O)(=O)c1ccc(N2CC(N)(C3CC3)C2)cc1. The summed E-state index contributed by atoms with van der Waals surface area (Å²) < 4.78 is 25.6. The van der Waals surface area contributed by atoms with Crippen LogP contribution in [0.3, 0.4) is 0 Å². The average Bonchev–Trinajstić information content (AvgIpc) is 3.20. The Balaban J connectivity index is 1.71. The molecular formula is C13H19N3O2S. The lowest BCUT2D eigenvalue weighted by atomic mass is 9.85. The van der Waals surface area contributed by atoms with Gasteiger partial charge >= 0.3 is 0 Å². The minimum Gasteiger partial charge on any atom is -0.368 e. The lowest BCUT2D eigenvalue weighted by Gasteiger charge is -2.49. The van der Waals surface area contributed by atoms with Gasteiger partial charge in [-0.05, 0) is 50.1 Å². The Morgan fingerprint density at radius 1 is 1.26 bits per heavy atom. The van der Waals surface area contributed by atoms with E-state index in [0.29, 0.717) is 10.8 Å². The Morgan fingerprint density at radius 2 is 1.84 bits per heavy atom. The summed E-state index contributed by atoms with van der Waals surface area (Å²) in [7, 11) is -1.94. The van der Waals surface area contributed by atoms with E-state index < -0.39 is 10.0 Å². The molecule has 0 amide bonds. The van der Waals surface area contributed by atoms with Crippen molar-refractivity contribution >= 4 is 15.7 Å². The molecule has 2 aliphatic rings. The van der Waals surface area contributed by atoms with Gasteiger partial charge in [-0.15, -0.1) is 0 Å². The maximum absolute atomic E-state index is 11.6. The largest absolute Gasteiger partial charge is 0.368 e. The molecule has 19 heavy (non-hydrogen) atoms. The molecule has 6 heteroatoms. The summed E-state index contributed by atoms with van der Waals surface area (Å²) in [5.41, 5.74) is 7.33. The second-order valence-electron chi connectivity index (χ2n) is 5.56. The van der Waals surface area contributed by atoms with Crippen LogP contribution in [-0.4, -0.2) is 34.1 Å². The number of anilines is 1. The quantitative estimate of drug-likeness (QED) is 0.844. The zero-order valence-electron chi connectivity index (χ0n) is 11.0. The Morgan fingerprint density at radius 3 is 2.32 bits per heavy atom. The number of benzene rings is 1. The fourth-order valence-electron chi connectivity index (χ4n) is 2.72. The number of hydrogen-bond acceptors (Lipinski definition) is 4. The van der Waals surface area contributed by atoms with Crippen molar-refractivity contribution in [2.75, 3.05) is 25.0 Å². The lowest BCUT2D eigenvalue weighted by Crippen LogP contribution is -2.69. The molecule has 1 saturated heterocycles. The molecule has 0 spiro atoms. The molecule has 0 radical (unpaired) electrons. The van der Waals surface area contributed by atoms with Crippen LogP contribution < -0.4 is 15.4 Å². The molecule has 0 bridgehead atoms. The molecule has 3 N–H and O–H groups in total. The highest BCUT2D eigenvalue weighted by Gasteiger charge is 2.50. The molecule has 104 valence electrons. The first-order valence-corrected chi connectivity index (χ1v) is 8.00. The van der Waals surface area contributed by atoms with E-state index in [1.165, 1.54) is 19.9 Å². The summed E-state index contributed by atoms with van der Waals surface area (Å²) in [6, 6.07) is 6.96. The minimum absolute atomic E-state index is 0.0181. The molecule has 1 aromatic rings. The average molecular weight is 281 g/mol. The van der Waals surface area contributed by atoms with Gasteiger partial charge in [0.15, 0.2) is 0 Å². The van der Waals surface area contributed by atoms with Crippen molar-refractivity contribution in [3.63, 3.8) is 0 Å². The second-order valence-corrected chi connectivity index (χ2v) is 7.45. The summed E-state index contributed by atoms with van der Waals surface area (Å²) in [6.07, 6.45) is 2.51. The second kappa shape index (κ2) is 4.19. The molecule has 0 unspecified atom stereocenters. The van der Waals surface area contributed by atoms with Gasteiger partial charge in [0.1, 0.15) is 0 Å². The highest BCUT2D eigenvalue weighted by atomic mass is 32.2. The van der Waals surface area contributed by atoms with Crippen molar-refractivity contribution in [1.29, 1.82) is 0 Å². The van der Waals surface area contributed by atoms with E-state index in [4.69, 9.17) is 5.73 Å². The van der Waals surface area contributed by atoms with Crippen molar-refractivity contribution in [2.45, 2.75) is 23.3 Å². The van der Waals surface area contributed by atoms with Crippen molar-refractivity contribution in [2.24, 2.45) is 11.7 Å². The molecule has 0 aromatic heterocycles.